The van der Waals surface area contributed by atoms with Gasteiger partial charge in [-0.25, -0.2) is 0 Å². The van der Waals surface area contributed by atoms with E-state index in [9.17, 15) is 4.79 Å². The monoisotopic (exact) mass is 430 g/mol. The van der Waals surface area contributed by atoms with Crippen LogP contribution in [-0.4, -0.2) is 12.9 Å². The summed E-state index contributed by atoms with van der Waals surface area (Å²) in [7, 11) is 1.66. The lowest BCUT2D eigenvalue weighted by atomic mass is 9.78. The molecule has 4 nitrogen and oxygen atoms in total. The first-order chi connectivity index (χ1) is 15.1. The van der Waals surface area contributed by atoms with Crippen molar-refractivity contribution in [3.8, 4) is 5.75 Å². The molecule has 0 aromatic heterocycles. The van der Waals surface area contributed by atoms with Gasteiger partial charge in [0, 0.05) is 22.7 Å². The molecule has 0 radical (unpaired) electrons. The number of anilines is 2. The molecule has 31 heavy (non-hydrogen) atoms. The Morgan fingerprint density at radius 2 is 1.68 bits per heavy atom. The highest BCUT2D eigenvalue weighted by atomic mass is 35.5. The topological polar surface area (TPSA) is 50.4 Å². The van der Waals surface area contributed by atoms with Crippen molar-refractivity contribution < 1.29 is 9.53 Å². The van der Waals surface area contributed by atoms with Crippen molar-refractivity contribution in [2.75, 3.05) is 17.7 Å². The summed E-state index contributed by atoms with van der Waals surface area (Å²) in [5.74, 6) is 1.07. The quantitative estimate of drug-likeness (QED) is 0.509. The molecule has 0 saturated heterocycles. The minimum absolute atomic E-state index is 0.102. The summed E-state index contributed by atoms with van der Waals surface area (Å²) in [6, 6.07) is 23.6. The molecule has 0 bridgehead atoms. The van der Waals surface area contributed by atoms with Crippen LogP contribution in [0.3, 0.4) is 0 Å². The summed E-state index contributed by atoms with van der Waals surface area (Å²) < 4.78 is 5.40. The number of rotatable bonds is 3. The van der Waals surface area contributed by atoms with Gasteiger partial charge in [0.25, 0.3) is 0 Å². The lowest BCUT2D eigenvalue weighted by Crippen LogP contribution is -2.26. The Labute approximate surface area is 186 Å². The summed E-state index contributed by atoms with van der Waals surface area (Å²) in [4.78, 5) is 13.5. The summed E-state index contributed by atoms with van der Waals surface area (Å²) in [5, 5.41) is 7.84. The maximum absolute atomic E-state index is 13.5. The number of ketones is 1. The molecule has 3 aromatic rings. The van der Waals surface area contributed by atoms with E-state index in [1.165, 1.54) is 0 Å². The van der Waals surface area contributed by atoms with E-state index in [0.717, 1.165) is 45.9 Å². The molecule has 156 valence electrons. The van der Waals surface area contributed by atoms with Gasteiger partial charge in [-0.05, 0) is 59.9 Å². The van der Waals surface area contributed by atoms with E-state index in [0.29, 0.717) is 11.4 Å². The third-order valence-corrected chi connectivity index (χ3v) is 6.33. The van der Waals surface area contributed by atoms with Crippen molar-refractivity contribution in [2.45, 2.75) is 24.8 Å². The van der Waals surface area contributed by atoms with E-state index in [-0.39, 0.29) is 17.7 Å². The van der Waals surface area contributed by atoms with Gasteiger partial charge < -0.3 is 15.4 Å². The van der Waals surface area contributed by atoms with E-state index in [1.807, 2.05) is 66.7 Å². The van der Waals surface area contributed by atoms with Crippen molar-refractivity contribution in [3.05, 3.63) is 100 Å². The summed E-state index contributed by atoms with van der Waals surface area (Å²) >= 11 is 6.12. The van der Waals surface area contributed by atoms with Gasteiger partial charge in [-0.2, -0.15) is 0 Å². The fourth-order valence-electron chi connectivity index (χ4n) is 4.53. The summed E-state index contributed by atoms with van der Waals surface area (Å²) in [5.41, 5.74) is 5.87. The van der Waals surface area contributed by atoms with Crippen molar-refractivity contribution in [1.29, 1.82) is 0 Å². The van der Waals surface area contributed by atoms with Crippen LogP contribution >= 0.6 is 11.6 Å². The molecule has 2 atom stereocenters. The number of benzene rings is 3. The van der Waals surface area contributed by atoms with Crippen LogP contribution in [0.4, 0.5) is 11.4 Å². The predicted octanol–water partition coefficient (Wildman–Crippen LogP) is 6.33. The van der Waals surface area contributed by atoms with Crippen LogP contribution in [0.5, 0.6) is 5.75 Å². The van der Waals surface area contributed by atoms with Gasteiger partial charge in [0.2, 0.25) is 0 Å². The van der Waals surface area contributed by atoms with E-state index in [4.69, 9.17) is 16.3 Å². The molecule has 1 heterocycles. The standard InChI is InChI=1S/C26H23ClN2O2/c1-31-20-6-4-5-17(13-20)18-14-23-25(24(30)15-18)26(16-9-11-19(27)12-10-16)29-22-8-3-2-7-21(22)28-23/h2-13,18,26,28-29H,14-15H2,1H3/t18-,26-/m0/s1. The van der Waals surface area contributed by atoms with Crippen molar-refractivity contribution in [1.82, 2.24) is 0 Å². The average Bonchev–Trinajstić information content (AvgIpc) is 2.96. The van der Waals surface area contributed by atoms with Gasteiger partial charge in [-0.15, -0.1) is 0 Å². The fourth-order valence-corrected chi connectivity index (χ4v) is 4.65. The van der Waals surface area contributed by atoms with E-state index in [2.05, 4.69) is 16.7 Å². The highest BCUT2D eigenvalue weighted by molar-refractivity contribution is 6.30. The average molecular weight is 431 g/mol. The number of fused-ring (bicyclic) bond motifs is 1. The van der Waals surface area contributed by atoms with Crippen molar-refractivity contribution in [3.63, 3.8) is 0 Å². The number of hydrogen-bond acceptors (Lipinski definition) is 4. The van der Waals surface area contributed by atoms with Gasteiger partial charge in [0.1, 0.15) is 5.75 Å². The minimum atomic E-state index is -0.234. The molecule has 0 fully saturated rings. The number of hydrogen-bond donors (Lipinski definition) is 2. The largest absolute Gasteiger partial charge is 0.497 e. The molecule has 0 saturated carbocycles. The number of halogens is 1. The van der Waals surface area contributed by atoms with Crippen LogP contribution in [-0.2, 0) is 4.79 Å². The number of ether oxygens (including phenoxy) is 1. The van der Waals surface area contributed by atoms with Crippen LogP contribution < -0.4 is 15.4 Å². The smallest absolute Gasteiger partial charge is 0.163 e. The van der Waals surface area contributed by atoms with Gasteiger partial charge in [0.15, 0.2) is 5.78 Å². The number of carbonyl (C=O) groups is 1. The first-order valence-corrected chi connectivity index (χ1v) is 10.8. The Morgan fingerprint density at radius 1 is 0.903 bits per heavy atom. The summed E-state index contributed by atoms with van der Waals surface area (Å²) in [6.07, 6.45) is 1.23. The third-order valence-electron chi connectivity index (χ3n) is 6.08. The summed E-state index contributed by atoms with van der Waals surface area (Å²) in [6.45, 7) is 0. The first kappa shape index (κ1) is 19.7. The SMILES string of the molecule is COc1cccc([C@@H]2CC(=O)C3=C(C2)Nc2ccccc2N[C@H]3c2ccc(Cl)cc2)c1. The molecule has 2 N–H and O–H groups in total. The maximum Gasteiger partial charge on any atom is 0.163 e. The zero-order chi connectivity index (χ0) is 21.4. The molecule has 2 aliphatic rings. The molecular weight excluding hydrogens is 408 g/mol. The fraction of sp³-hybridized carbons (Fsp3) is 0.192. The number of allylic oxidation sites excluding steroid dienone is 1. The molecule has 0 spiro atoms. The number of Topliss-reactive ketones (excluding diaryl/α,β-unsaturated/α-hetero) is 1. The number of carbonyl (C=O) groups excluding carboxylic acids is 1. The molecule has 0 amide bonds. The minimum Gasteiger partial charge on any atom is -0.497 e. The number of nitrogens with one attached hydrogen (secondary N) is 2. The van der Waals surface area contributed by atoms with Crippen LogP contribution in [0.1, 0.15) is 35.9 Å². The van der Waals surface area contributed by atoms with Crippen LogP contribution in [0.15, 0.2) is 84.1 Å². The second-order valence-corrected chi connectivity index (χ2v) is 8.43. The van der Waals surface area contributed by atoms with Gasteiger partial charge in [0.05, 0.1) is 24.5 Å². The second kappa shape index (κ2) is 8.12. The Morgan fingerprint density at radius 3 is 2.45 bits per heavy atom. The molecule has 3 aromatic carbocycles. The van der Waals surface area contributed by atoms with Crippen LogP contribution in [0.2, 0.25) is 5.02 Å². The molecular formula is C26H23ClN2O2. The van der Waals surface area contributed by atoms with Crippen LogP contribution in [0, 0.1) is 0 Å². The number of methoxy groups -OCH3 is 1. The normalized spacial score (nSPS) is 20.1. The lowest BCUT2D eigenvalue weighted by molar-refractivity contribution is -0.116. The zero-order valence-electron chi connectivity index (χ0n) is 17.2. The third kappa shape index (κ3) is 3.79. The Hall–Kier alpha value is -3.24. The van der Waals surface area contributed by atoms with Crippen molar-refractivity contribution >= 4 is 28.8 Å². The highest BCUT2D eigenvalue weighted by Gasteiger charge is 2.36. The molecule has 5 rings (SSSR count). The predicted molar refractivity (Wildman–Crippen MR) is 125 cm³/mol. The van der Waals surface area contributed by atoms with E-state index < -0.39 is 0 Å². The zero-order valence-corrected chi connectivity index (χ0v) is 17.9. The Balaban J connectivity index is 1.59. The van der Waals surface area contributed by atoms with Gasteiger partial charge >= 0.3 is 0 Å². The molecule has 0 unspecified atom stereocenters. The van der Waals surface area contributed by atoms with Crippen molar-refractivity contribution in [2.24, 2.45) is 0 Å². The van der Waals surface area contributed by atoms with Crippen LogP contribution in [0.25, 0.3) is 0 Å². The molecule has 1 aliphatic heterocycles. The van der Waals surface area contributed by atoms with Gasteiger partial charge in [-0.3, -0.25) is 4.79 Å². The first-order valence-electron chi connectivity index (χ1n) is 10.4. The molecule has 5 heteroatoms. The molecule has 1 aliphatic carbocycles. The Bertz CT molecular complexity index is 1170. The second-order valence-electron chi connectivity index (χ2n) is 8.00. The van der Waals surface area contributed by atoms with E-state index >= 15 is 0 Å². The Kier molecular flexibility index (Phi) is 5.16. The van der Waals surface area contributed by atoms with Gasteiger partial charge in [-0.1, -0.05) is 48.0 Å². The highest BCUT2D eigenvalue weighted by Crippen LogP contribution is 2.44. The van der Waals surface area contributed by atoms with E-state index in [1.54, 1.807) is 7.11 Å². The maximum atomic E-state index is 13.5. The number of para-hydroxylation sites is 2. The lowest BCUT2D eigenvalue weighted by Gasteiger charge is -2.30.